The molecule has 1 N–H and O–H groups in total. The van der Waals surface area contributed by atoms with E-state index in [1.54, 1.807) is 18.5 Å². The Morgan fingerprint density at radius 1 is 1.16 bits per heavy atom. The highest BCUT2D eigenvalue weighted by molar-refractivity contribution is 5.75. The quantitative estimate of drug-likeness (QED) is 0.868. The first-order valence-electron chi connectivity index (χ1n) is 8.69. The summed E-state index contributed by atoms with van der Waals surface area (Å²) < 4.78 is 12.2. The van der Waals surface area contributed by atoms with Crippen molar-refractivity contribution in [2.45, 2.75) is 46.5 Å². The Balaban J connectivity index is 0.000000150. The van der Waals surface area contributed by atoms with Crippen molar-refractivity contribution in [2.24, 2.45) is 10.8 Å². The lowest BCUT2D eigenvalue weighted by Gasteiger charge is -2.07. The molecule has 2 aromatic heterocycles. The zero-order valence-corrected chi connectivity index (χ0v) is 15.1. The summed E-state index contributed by atoms with van der Waals surface area (Å²) in [5.41, 5.74) is 0.797. The number of nitrogens with one attached hydrogen (secondary N) is 1. The molecule has 2 aliphatic carbocycles. The predicted molar refractivity (Wildman–Crippen MR) is 92.8 cm³/mol. The van der Waals surface area contributed by atoms with Crippen LogP contribution in [0.3, 0.4) is 0 Å². The molecule has 2 heterocycles. The highest BCUT2D eigenvalue weighted by Crippen LogP contribution is 2.45. The first-order valence-corrected chi connectivity index (χ1v) is 8.69. The number of carbonyl (C=O) groups excluding carboxylic acids is 1. The van der Waals surface area contributed by atoms with Crippen LogP contribution in [-0.2, 0) is 0 Å². The zero-order valence-electron chi connectivity index (χ0n) is 15.1. The molecule has 7 nitrogen and oxygen atoms in total. The van der Waals surface area contributed by atoms with Crippen molar-refractivity contribution in [3.8, 4) is 11.8 Å². The maximum atomic E-state index is 10.9. The van der Waals surface area contributed by atoms with Crippen molar-refractivity contribution in [1.82, 2.24) is 20.0 Å². The van der Waals surface area contributed by atoms with Crippen LogP contribution in [0.4, 0.5) is 0 Å². The minimum atomic E-state index is -0.0996. The van der Waals surface area contributed by atoms with Crippen molar-refractivity contribution in [3.05, 3.63) is 24.5 Å². The molecule has 2 fully saturated rings. The number of carbonyl (C=O) groups is 1. The predicted octanol–water partition coefficient (Wildman–Crippen LogP) is 3.31. The molecule has 136 valence electrons. The normalized spacial score (nSPS) is 18.7. The molecule has 2 saturated carbocycles. The van der Waals surface area contributed by atoms with Gasteiger partial charge in [0.15, 0.2) is 0 Å². The second kappa shape index (κ2) is 6.90. The standard InChI is InChI=1S/C10H14N2O2.C8H12N2O/c1-8(13)12-6-3-9(11-12)14-7-10(2)4-5-10;1-8(3-4-8)6-11-7-2-5-9-10-7/h3,6H,4-5,7H2,1-2H3;2,5H,3-4,6H2,1H3,(H,9,10). The molecule has 7 heteroatoms. The molecule has 0 radical (unpaired) electrons. The van der Waals surface area contributed by atoms with Crippen molar-refractivity contribution < 1.29 is 14.3 Å². The fraction of sp³-hybridized carbons (Fsp3) is 0.611. The average Bonchev–Trinajstić information content (AvgIpc) is 3.33. The molecule has 0 unspecified atom stereocenters. The van der Waals surface area contributed by atoms with E-state index in [2.05, 4.69) is 29.1 Å². The van der Waals surface area contributed by atoms with Gasteiger partial charge < -0.3 is 9.47 Å². The van der Waals surface area contributed by atoms with Crippen LogP contribution in [-0.4, -0.2) is 39.1 Å². The summed E-state index contributed by atoms with van der Waals surface area (Å²) >= 11 is 0. The molecule has 0 aromatic carbocycles. The number of aromatic amines is 1. The van der Waals surface area contributed by atoms with E-state index in [9.17, 15) is 4.79 Å². The molecular weight excluding hydrogens is 320 g/mol. The number of hydrogen-bond acceptors (Lipinski definition) is 5. The van der Waals surface area contributed by atoms with Crippen LogP contribution < -0.4 is 9.47 Å². The fourth-order valence-corrected chi connectivity index (χ4v) is 2.10. The first-order chi connectivity index (χ1) is 11.9. The van der Waals surface area contributed by atoms with Gasteiger partial charge in [0, 0.05) is 36.1 Å². The third kappa shape index (κ3) is 5.34. The van der Waals surface area contributed by atoms with E-state index in [0.29, 0.717) is 23.3 Å². The Hall–Kier alpha value is -2.31. The maximum Gasteiger partial charge on any atom is 0.243 e. The molecule has 2 aliphatic rings. The Bertz CT molecular complexity index is 700. The minimum Gasteiger partial charge on any atom is -0.477 e. The second-order valence-electron chi connectivity index (χ2n) is 7.74. The summed E-state index contributed by atoms with van der Waals surface area (Å²) in [7, 11) is 0. The number of aromatic nitrogens is 4. The Kier molecular flexibility index (Phi) is 4.83. The summed E-state index contributed by atoms with van der Waals surface area (Å²) in [4.78, 5) is 10.9. The fourth-order valence-electron chi connectivity index (χ4n) is 2.10. The van der Waals surface area contributed by atoms with Crippen LogP contribution in [0.2, 0.25) is 0 Å². The van der Waals surface area contributed by atoms with Crippen LogP contribution in [0.25, 0.3) is 0 Å². The largest absolute Gasteiger partial charge is 0.477 e. The number of H-pyrrole nitrogens is 1. The van der Waals surface area contributed by atoms with Crippen molar-refractivity contribution >= 4 is 5.91 Å². The third-order valence-corrected chi connectivity index (χ3v) is 4.71. The number of rotatable bonds is 6. The highest BCUT2D eigenvalue weighted by atomic mass is 16.5. The molecule has 0 amide bonds. The van der Waals surface area contributed by atoms with Crippen LogP contribution in [0.1, 0.15) is 51.2 Å². The van der Waals surface area contributed by atoms with Crippen molar-refractivity contribution in [3.63, 3.8) is 0 Å². The summed E-state index contributed by atoms with van der Waals surface area (Å²) in [5.74, 6) is 1.21. The van der Waals surface area contributed by atoms with E-state index in [-0.39, 0.29) is 5.91 Å². The van der Waals surface area contributed by atoms with Crippen LogP contribution in [0.5, 0.6) is 11.8 Å². The van der Waals surface area contributed by atoms with E-state index >= 15 is 0 Å². The van der Waals surface area contributed by atoms with Crippen LogP contribution in [0, 0.1) is 10.8 Å². The Morgan fingerprint density at radius 2 is 1.80 bits per heavy atom. The molecule has 0 spiro atoms. The van der Waals surface area contributed by atoms with Gasteiger partial charge in [-0.25, -0.2) is 9.78 Å². The summed E-state index contributed by atoms with van der Waals surface area (Å²) in [6.45, 7) is 7.41. The Morgan fingerprint density at radius 3 is 2.28 bits per heavy atom. The van der Waals surface area contributed by atoms with Gasteiger partial charge in [-0.05, 0) is 25.7 Å². The molecule has 0 aliphatic heterocycles. The highest BCUT2D eigenvalue weighted by Gasteiger charge is 2.38. The Labute approximate surface area is 147 Å². The van der Waals surface area contributed by atoms with E-state index in [1.165, 1.54) is 37.3 Å². The van der Waals surface area contributed by atoms with Crippen molar-refractivity contribution in [2.75, 3.05) is 13.2 Å². The monoisotopic (exact) mass is 346 g/mol. The number of ether oxygens (including phenoxy) is 2. The molecule has 2 aromatic rings. The molecule has 0 atom stereocenters. The summed E-state index contributed by atoms with van der Waals surface area (Å²) in [6, 6.07) is 3.55. The molecule has 25 heavy (non-hydrogen) atoms. The molecule has 0 saturated heterocycles. The summed E-state index contributed by atoms with van der Waals surface area (Å²) in [6.07, 6.45) is 8.35. The average molecular weight is 346 g/mol. The van der Waals surface area contributed by atoms with Gasteiger partial charge in [-0.2, -0.15) is 5.10 Å². The van der Waals surface area contributed by atoms with Gasteiger partial charge in [0.05, 0.1) is 19.4 Å². The van der Waals surface area contributed by atoms with Gasteiger partial charge in [-0.3, -0.25) is 4.79 Å². The van der Waals surface area contributed by atoms with E-state index in [0.717, 1.165) is 12.5 Å². The van der Waals surface area contributed by atoms with Gasteiger partial charge in [-0.15, -0.1) is 5.10 Å². The van der Waals surface area contributed by atoms with Crippen LogP contribution in [0.15, 0.2) is 24.5 Å². The van der Waals surface area contributed by atoms with E-state index < -0.39 is 0 Å². The van der Waals surface area contributed by atoms with Gasteiger partial charge in [-0.1, -0.05) is 13.8 Å². The zero-order chi connectivity index (χ0) is 17.9. The van der Waals surface area contributed by atoms with Crippen LogP contribution >= 0.6 is 0 Å². The second-order valence-corrected chi connectivity index (χ2v) is 7.74. The topological polar surface area (TPSA) is 82.0 Å². The number of hydrogen-bond donors (Lipinski definition) is 1. The molecular formula is C18H26N4O3. The lowest BCUT2D eigenvalue weighted by atomic mass is 10.2. The summed E-state index contributed by atoms with van der Waals surface area (Å²) in [5, 5.41) is 10.5. The van der Waals surface area contributed by atoms with E-state index in [4.69, 9.17) is 9.47 Å². The molecule has 4 rings (SSSR count). The van der Waals surface area contributed by atoms with Gasteiger partial charge in [0.25, 0.3) is 0 Å². The van der Waals surface area contributed by atoms with E-state index in [1.807, 2.05) is 6.07 Å². The van der Waals surface area contributed by atoms with Gasteiger partial charge in [0.1, 0.15) is 0 Å². The lowest BCUT2D eigenvalue weighted by Crippen LogP contribution is -2.10. The number of nitrogens with zero attached hydrogens (tertiary/aromatic N) is 3. The van der Waals surface area contributed by atoms with Gasteiger partial charge >= 0.3 is 0 Å². The third-order valence-electron chi connectivity index (χ3n) is 4.71. The smallest absolute Gasteiger partial charge is 0.243 e. The van der Waals surface area contributed by atoms with Crippen molar-refractivity contribution in [1.29, 1.82) is 0 Å². The SMILES string of the molecule is CC(=O)n1ccc(OCC2(C)CC2)n1.CC1(COc2ccn[nH]2)CC1. The maximum absolute atomic E-state index is 10.9. The van der Waals surface area contributed by atoms with Gasteiger partial charge in [0.2, 0.25) is 17.7 Å². The minimum absolute atomic E-state index is 0.0996. The first kappa shape index (κ1) is 17.5. The lowest BCUT2D eigenvalue weighted by molar-refractivity contribution is 0.0918. The molecule has 0 bridgehead atoms.